The lowest BCUT2D eigenvalue weighted by Crippen LogP contribution is -2.40. The zero-order valence-corrected chi connectivity index (χ0v) is 23.6. The number of benzene rings is 2. The Kier molecular flexibility index (Phi) is 9.81. The zero-order chi connectivity index (χ0) is 27.1. The number of carbonyl (C=O) groups excluding carboxylic acids is 1. The van der Waals surface area contributed by atoms with Crippen molar-refractivity contribution in [3.63, 3.8) is 0 Å². The summed E-state index contributed by atoms with van der Waals surface area (Å²) in [6.07, 6.45) is 5.26. The van der Waals surface area contributed by atoms with Crippen molar-refractivity contribution in [3.05, 3.63) is 53.6 Å². The summed E-state index contributed by atoms with van der Waals surface area (Å²) in [4.78, 5) is 15.7. The molecule has 1 N–H and O–H groups in total. The molecule has 2 heterocycles. The van der Waals surface area contributed by atoms with E-state index in [1.807, 2.05) is 12.1 Å². The molecule has 2 saturated heterocycles. The van der Waals surface area contributed by atoms with E-state index in [1.54, 1.807) is 36.7 Å². The number of ketones is 1. The lowest BCUT2D eigenvalue weighted by atomic mass is 10.0. The van der Waals surface area contributed by atoms with E-state index < -0.39 is 10.0 Å². The van der Waals surface area contributed by atoms with Gasteiger partial charge in [-0.2, -0.15) is 4.31 Å². The Hall–Kier alpha value is -2.46. The summed E-state index contributed by atoms with van der Waals surface area (Å²) in [6, 6.07) is 12.5. The average Bonchev–Trinajstić information content (AvgIpc) is 2.95. The molecule has 0 radical (unpaired) electrons. The molecule has 0 aromatic heterocycles. The van der Waals surface area contributed by atoms with Crippen LogP contribution in [0.15, 0.2) is 47.4 Å². The van der Waals surface area contributed by atoms with Gasteiger partial charge in [-0.05, 0) is 74.5 Å². The summed E-state index contributed by atoms with van der Waals surface area (Å²) in [5.41, 5.74) is 1.51. The van der Waals surface area contributed by atoms with Crippen LogP contribution in [-0.2, 0) is 10.0 Å². The number of methoxy groups -OCH3 is 2. The van der Waals surface area contributed by atoms with Gasteiger partial charge in [0, 0.05) is 31.2 Å². The number of sulfonamides is 1. The van der Waals surface area contributed by atoms with E-state index in [4.69, 9.17) is 9.47 Å². The first-order chi connectivity index (χ1) is 18.3. The molecular weight excluding hydrogens is 502 g/mol. The fourth-order valence-electron chi connectivity index (χ4n) is 5.38. The van der Waals surface area contributed by atoms with Crippen molar-refractivity contribution in [1.82, 2.24) is 14.5 Å². The number of hydrogen-bond donors (Lipinski definition) is 1. The maximum atomic E-state index is 13.2. The van der Waals surface area contributed by atoms with E-state index in [-0.39, 0.29) is 23.3 Å². The molecule has 2 aromatic rings. The van der Waals surface area contributed by atoms with Crippen LogP contribution in [0.25, 0.3) is 0 Å². The second-order valence-corrected chi connectivity index (χ2v) is 12.3. The van der Waals surface area contributed by atoms with E-state index in [1.165, 1.54) is 12.5 Å². The van der Waals surface area contributed by atoms with Gasteiger partial charge in [0.1, 0.15) is 0 Å². The van der Waals surface area contributed by atoms with Crippen LogP contribution < -0.4 is 14.8 Å². The monoisotopic (exact) mass is 543 g/mol. The highest BCUT2D eigenvalue weighted by Crippen LogP contribution is 2.33. The number of likely N-dealkylation sites (tertiary alicyclic amines) is 1. The maximum Gasteiger partial charge on any atom is 0.243 e. The summed E-state index contributed by atoms with van der Waals surface area (Å²) in [5, 5.41) is 3.35. The molecule has 0 spiro atoms. The van der Waals surface area contributed by atoms with Crippen molar-refractivity contribution in [2.45, 2.75) is 50.0 Å². The summed E-state index contributed by atoms with van der Waals surface area (Å²) in [5.74, 6) is 1.78. The number of rotatable bonds is 11. The number of ether oxygens (including phenoxy) is 2. The molecule has 2 fully saturated rings. The molecule has 2 aliphatic heterocycles. The molecule has 1 unspecified atom stereocenters. The minimum atomic E-state index is -3.61. The predicted octanol–water partition coefficient (Wildman–Crippen LogP) is 4.12. The van der Waals surface area contributed by atoms with Crippen molar-refractivity contribution in [2.75, 3.05) is 53.5 Å². The third-order valence-electron chi connectivity index (χ3n) is 7.78. The Balaban J connectivity index is 1.44. The van der Waals surface area contributed by atoms with Crippen molar-refractivity contribution < 1.29 is 22.7 Å². The quantitative estimate of drug-likeness (QED) is 0.427. The first kappa shape index (κ1) is 28.5. The molecule has 0 bridgehead atoms. The van der Waals surface area contributed by atoms with Crippen molar-refractivity contribution in [2.24, 2.45) is 5.92 Å². The van der Waals surface area contributed by atoms with Crippen LogP contribution in [0.2, 0.25) is 0 Å². The Morgan fingerprint density at radius 1 is 0.974 bits per heavy atom. The molecule has 2 aromatic carbocycles. The summed E-state index contributed by atoms with van der Waals surface area (Å²) in [7, 11) is -0.348. The van der Waals surface area contributed by atoms with Crippen molar-refractivity contribution in [3.8, 4) is 11.5 Å². The van der Waals surface area contributed by atoms with E-state index in [2.05, 4.69) is 23.2 Å². The van der Waals surface area contributed by atoms with Gasteiger partial charge in [-0.1, -0.05) is 31.5 Å². The van der Waals surface area contributed by atoms with Gasteiger partial charge in [-0.3, -0.25) is 9.69 Å². The molecule has 9 heteroatoms. The van der Waals surface area contributed by atoms with Gasteiger partial charge in [-0.15, -0.1) is 0 Å². The maximum absolute atomic E-state index is 13.2. The lowest BCUT2D eigenvalue weighted by molar-refractivity contribution is 0.0983. The van der Waals surface area contributed by atoms with Crippen LogP contribution in [0.1, 0.15) is 61.0 Å². The Labute approximate surface area is 227 Å². The largest absolute Gasteiger partial charge is 0.493 e. The van der Waals surface area contributed by atoms with Gasteiger partial charge < -0.3 is 14.8 Å². The van der Waals surface area contributed by atoms with Crippen LogP contribution >= 0.6 is 0 Å². The van der Waals surface area contributed by atoms with E-state index in [0.717, 1.165) is 44.3 Å². The Bertz CT molecular complexity index is 1190. The van der Waals surface area contributed by atoms with Crippen LogP contribution in [0.4, 0.5) is 0 Å². The highest BCUT2D eigenvalue weighted by molar-refractivity contribution is 7.89. The normalized spacial score (nSPS) is 18.7. The van der Waals surface area contributed by atoms with Crippen molar-refractivity contribution >= 4 is 15.8 Å². The van der Waals surface area contributed by atoms with E-state index in [9.17, 15) is 13.2 Å². The highest BCUT2D eigenvalue weighted by atomic mass is 32.2. The number of carbonyl (C=O) groups is 1. The number of Topliss-reactive ketones (excluding diaryl/α,β-unsaturated/α-hetero) is 1. The van der Waals surface area contributed by atoms with Crippen LogP contribution in [0.5, 0.6) is 11.5 Å². The number of nitrogens with zero attached hydrogens (tertiary/aromatic N) is 2. The van der Waals surface area contributed by atoms with Crippen LogP contribution in [-0.4, -0.2) is 76.9 Å². The predicted molar refractivity (Wildman–Crippen MR) is 149 cm³/mol. The second kappa shape index (κ2) is 13.1. The fraction of sp³-hybridized carbons (Fsp3) is 0.552. The smallest absolute Gasteiger partial charge is 0.243 e. The van der Waals surface area contributed by atoms with E-state index in [0.29, 0.717) is 42.6 Å². The first-order valence-corrected chi connectivity index (χ1v) is 15.1. The number of nitrogens with one attached hydrogen (secondary N) is 1. The number of hydrogen-bond acceptors (Lipinski definition) is 7. The molecule has 208 valence electrons. The fourth-order valence-corrected chi connectivity index (χ4v) is 6.89. The lowest BCUT2D eigenvalue weighted by Gasteiger charge is -2.35. The first-order valence-electron chi connectivity index (χ1n) is 13.6. The zero-order valence-electron chi connectivity index (χ0n) is 22.8. The summed E-state index contributed by atoms with van der Waals surface area (Å²) < 4.78 is 38.8. The molecule has 4 rings (SSSR count). The van der Waals surface area contributed by atoms with Gasteiger partial charge in [0.05, 0.1) is 25.7 Å². The van der Waals surface area contributed by atoms with E-state index >= 15 is 0 Å². The Morgan fingerprint density at radius 3 is 2.37 bits per heavy atom. The minimum absolute atomic E-state index is 0.0797. The van der Waals surface area contributed by atoms with Gasteiger partial charge in [-0.25, -0.2) is 8.42 Å². The molecule has 0 saturated carbocycles. The summed E-state index contributed by atoms with van der Waals surface area (Å²) in [6.45, 7) is 5.92. The van der Waals surface area contributed by atoms with Gasteiger partial charge in [0.15, 0.2) is 17.3 Å². The third kappa shape index (κ3) is 6.75. The minimum Gasteiger partial charge on any atom is -0.493 e. The van der Waals surface area contributed by atoms with Gasteiger partial charge in [0.2, 0.25) is 10.0 Å². The number of piperidine rings is 2. The molecule has 0 aliphatic carbocycles. The average molecular weight is 544 g/mol. The molecule has 1 atom stereocenters. The molecule has 2 aliphatic rings. The van der Waals surface area contributed by atoms with Crippen molar-refractivity contribution in [1.29, 1.82) is 0 Å². The second-order valence-electron chi connectivity index (χ2n) is 10.4. The van der Waals surface area contributed by atoms with Gasteiger partial charge in [0.25, 0.3) is 0 Å². The topological polar surface area (TPSA) is 88.2 Å². The molecule has 38 heavy (non-hydrogen) atoms. The SMILES string of the molecule is COc1ccc(C(CNCC(=O)c2cccc(S(=O)(=O)N3CCC(C)CC3)c2)N2CCCCC2)cc1OC. The summed E-state index contributed by atoms with van der Waals surface area (Å²) >= 11 is 0. The third-order valence-corrected chi connectivity index (χ3v) is 9.68. The molecule has 0 amide bonds. The van der Waals surface area contributed by atoms with Crippen LogP contribution in [0, 0.1) is 5.92 Å². The molecule has 8 nitrogen and oxygen atoms in total. The Morgan fingerprint density at radius 2 is 1.68 bits per heavy atom. The standard InChI is InChI=1S/C29H41N3O5S/c1-22-12-16-32(17-13-22)38(34,35)25-9-7-8-24(18-25)27(33)21-30-20-26(31-14-5-4-6-15-31)23-10-11-28(36-2)29(19-23)37-3/h7-11,18-19,22,26,30H,4-6,12-17,20-21H2,1-3H3. The van der Waals surface area contributed by atoms with Crippen LogP contribution in [0.3, 0.4) is 0 Å². The van der Waals surface area contributed by atoms with Gasteiger partial charge >= 0.3 is 0 Å². The molecular formula is C29H41N3O5S. The highest BCUT2D eigenvalue weighted by Gasteiger charge is 2.29.